The highest BCUT2D eigenvalue weighted by atomic mass is 35.5. The second-order valence-corrected chi connectivity index (χ2v) is 9.84. The number of pyridine rings is 1. The number of piperazine rings is 1. The summed E-state index contributed by atoms with van der Waals surface area (Å²) in [5.41, 5.74) is 6.34. The van der Waals surface area contributed by atoms with Crippen molar-refractivity contribution in [2.24, 2.45) is 5.73 Å². The molecule has 0 bridgehead atoms. The number of amides is 3. The molecule has 0 atom stereocenters. The lowest BCUT2D eigenvalue weighted by Gasteiger charge is -2.33. The average molecular weight is 534 g/mol. The third kappa shape index (κ3) is 8.67. The summed E-state index contributed by atoms with van der Waals surface area (Å²) in [7, 11) is 8.14. The van der Waals surface area contributed by atoms with Crippen molar-refractivity contribution in [1.82, 2.24) is 14.8 Å². The summed E-state index contributed by atoms with van der Waals surface area (Å²) in [5.74, 6) is 0.146. The average Bonchev–Trinajstić information content (AvgIpc) is 2.94. The molecule has 11 nitrogen and oxygen atoms in total. The highest BCUT2D eigenvalue weighted by Crippen LogP contribution is 2.36. The molecule has 2 aliphatic rings. The molecule has 202 valence electrons. The minimum absolute atomic E-state index is 0. The summed E-state index contributed by atoms with van der Waals surface area (Å²) in [6.07, 6.45) is 0.933. The van der Waals surface area contributed by atoms with Gasteiger partial charge < -0.3 is 37.6 Å². The minimum Gasteiger partial charge on any atom is -1.00 e. The Labute approximate surface area is 224 Å². The van der Waals surface area contributed by atoms with Gasteiger partial charge in [-0.25, -0.2) is 9.78 Å². The third-order valence-corrected chi connectivity index (χ3v) is 5.85. The van der Waals surface area contributed by atoms with Crippen LogP contribution in [0.25, 0.3) is 0 Å². The van der Waals surface area contributed by atoms with Crippen LogP contribution in [0.1, 0.15) is 10.4 Å². The second kappa shape index (κ2) is 13.3. The molecule has 0 spiro atoms. The highest BCUT2D eigenvalue weighted by Gasteiger charge is 2.31. The van der Waals surface area contributed by atoms with Crippen molar-refractivity contribution in [2.75, 3.05) is 84.3 Å². The maximum atomic E-state index is 13.2. The number of anilines is 3. The lowest BCUT2D eigenvalue weighted by Crippen LogP contribution is -3.00. The molecule has 2 aliphatic heterocycles. The quantitative estimate of drug-likeness (QED) is 0.442. The van der Waals surface area contributed by atoms with Crippen molar-refractivity contribution in [3.63, 3.8) is 0 Å². The van der Waals surface area contributed by atoms with Crippen molar-refractivity contribution in [3.05, 3.63) is 48.2 Å². The summed E-state index contributed by atoms with van der Waals surface area (Å²) in [4.78, 5) is 46.2. The van der Waals surface area contributed by atoms with Gasteiger partial charge in [-0.2, -0.15) is 0 Å². The number of nitrogens with zero attached hydrogens (tertiary/aromatic N) is 5. The summed E-state index contributed by atoms with van der Waals surface area (Å²) in [6, 6.07) is 10.7. The molecule has 3 heterocycles. The Morgan fingerprint density at radius 3 is 2.41 bits per heavy atom. The first-order valence-electron chi connectivity index (χ1n) is 11.9. The maximum Gasteiger partial charge on any atom is 0.404 e. The molecular weight excluding hydrogens is 498 g/mol. The van der Waals surface area contributed by atoms with Crippen LogP contribution in [0.5, 0.6) is 0 Å². The molecule has 1 aromatic carbocycles. The number of primary amides is 1. The number of likely N-dealkylation sites (N-methyl/N-ethyl adjacent to an activating group) is 2. The molecule has 12 heteroatoms. The van der Waals surface area contributed by atoms with Crippen LogP contribution in [0.3, 0.4) is 0 Å². The van der Waals surface area contributed by atoms with Gasteiger partial charge in [0.15, 0.2) is 5.82 Å². The minimum atomic E-state index is -0.701. The lowest BCUT2D eigenvalue weighted by molar-refractivity contribution is -0.870. The molecule has 0 aliphatic carbocycles. The number of nitrogens with two attached hydrogens (primary N) is 1. The number of hydrogen-bond donors (Lipinski definition) is 2. The molecule has 4 rings (SSSR count). The van der Waals surface area contributed by atoms with Crippen molar-refractivity contribution < 1.29 is 36.0 Å². The zero-order chi connectivity index (χ0) is 26.3. The standard InChI is InChI=1S/C19H21N5O2.C6H14N2O2.ClH/c1-22-9-11-23(12-10-22)13-17(25)24-16-7-3-2-5-14(16)19(26)21-15-6-4-8-20-18(15)24;1-8(2,3)4-5-10-6(7)9;/h2-8H,9-13H2,1H3,(H,21,26);4-5H2,1-3H3,(H-,7,9);1H. The fraction of sp³-hybridized carbons (Fsp3) is 0.440. The monoisotopic (exact) mass is 533 g/mol. The van der Waals surface area contributed by atoms with E-state index in [9.17, 15) is 14.4 Å². The Balaban J connectivity index is 0.000000376. The molecule has 0 radical (unpaired) electrons. The molecule has 1 fully saturated rings. The summed E-state index contributed by atoms with van der Waals surface area (Å²) in [5, 5.41) is 2.86. The van der Waals surface area contributed by atoms with Gasteiger partial charge in [0.1, 0.15) is 13.2 Å². The van der Waals surface area contributed by atoms with E-state index in [1.807, 2.05) is 27.2 Å². The van der Waals surface area contributed by atoms with Crippen LogP contribution >= 0.6 is 0 Å². The zero-order valence-electron chi connectivity index (χ0n) is 21.8. The second-order valence-electron chi connectivity index (χ2n) is 9.84. The van der Waals surface area contributed by atoms with Gasteiger partial charge >= 0.3 is 6.09 Å². The van der Waals surface area contributed by atoms with Crippen LogP contribution in [0.2, 0.25) is 0 Å². The van der Waals surface area contributed by atoms with E-state index < -0.39 is 6.09 Å². The number of hydrogen-bond acceptors (Lipinski definition) is 7. The van der Waals surface area contributed by atoms with Gasteiger partial charge in [0.25, 0.3) is 5.91 Å². The smallest absolute Gasteiger partial charge is 0.404 e. The maximum absolute atomic E-state index is 13.2. The number of aromatic nitrogens is 1. The molecular formula is C25H36ClN7O4. The number of fused-ring (bicyclic) bond motifs is 2. The molecule has 1 aromatic heterocycles. The molecule has 0 unspecified atom stereocenters. The Hall–Kier alpha value is -3.25. The van der Waals surface area contributed by atoms with E-state index in [1.54, 1.807) is 41.4 Å². The van der Waals surface area contributed by atoms with Gasteiger partial charge in [-0.1, -0.05) is 12.1 Å². The van der Waals surface area contributed by atoms with Crippen molar-refractivity contribution in [3.8, 4) is 0 Å². The van der Waals surface area contributed by atoms with E-state index in [0.29, 0.717) is 35.9 Å². The zero-order valence-corrected chi connectivity index (χ0v) is 22.6. The molecule has 0 saturated carbocycles. The van der Waals surface area contributed by atoms with Crippen molar-refractivity contribution >= 4 is 35.1 Å². The topological polar surface area (TPSA) is 121 Å². The Morgan fingerprint density at radius 1 is 1.08 bits per heavy atom. The Bertz CT molecular complexity index is 1080. The number of carbonyl (C=O) groups excluding carboxylic acids is 3. The van der Waals surface area contributed by atoms with E-state index >= 15 is 0 Å². The van der Waals surface area contributed by atoms with Gasteiger partial charge in [-0.05, 0) is 31.3 Å². The van der Waals surface area contributed by atoms with Gasteiger partial charge in [-0.3, -0.25) is 19.4 Å². The number of quaternary nitrogens is 1. The van der Waals surface area contributed by atoms with Gasteiger partial charge in [0.05, 0.1) is 44.6 Å². The number of ether oxygens (including phenoxy) is 1. The molecule has 1 saturated heterocycles. The number of halogens is 1. The predicted molar refractivity (Wildman–Crippen MR) is 138 cm³/mol. The van der Waals surface area contributed by atoms with Crippen LogP contribution in [0, 0.1) is 0 Å². The Kier molecular flexibility index (Phi) is 10.8. The first-order chi connectivity index (χ1) is 17.0. The van der Waals surface area contributed by atoms with E-state index in [2.05, 4.69) is 31.9 Å². The van der Waals surface area contributed by atoms with E-state index in [0.717, 1.165) is 37.2 Å². The van der Waals surface area contributed by atoms with Crippen LogP contribution in [0.15, 0.2) is 42.6 Å². The normalized spacial score (nSPS) is 15.6. The van der Waals surface area contributed by atoms with Crippen molar-refractivity contribution in [1.29, 1.82) is 0 Å². The van der Waals surface area contributed by atoms with Crippen molar-refractivity contribution in [2.45, 2.75) is 0 Å². The fourth-order valence-electron chi connectivity index (χ4n) is 3.78. The first-order valence-corrected chi connectivity index (χ1v) is 11.9. The largest absolute Gasteiger partial charge is 1.00 e. The lowest BCUT2D eigenvalue weighted by atomic mass is 10.1. The Morgan fingerprint density at radius 2 is 1.76 bits per heavy atom. The van der Waals surface area contributed by atoms with Crippen LogP contribution in [-0.2, 0) is 9.53 Å². The SMILES string of the molecule is CN1CCN(CC(=O)N2c3ccccc3C(=O)Nc3cccnc32)CC1.C[N+](C)(C)CCOC(N)=O.[Cl-]. The number of carbonyl (C=O) groups is 3. The first kappa shape index (κ1) is 30.0. The number of nitrogens with one attached hydrogen (secondary N) is 1. The molecule has 3 N–H and O–H groups in total. The summed E-state index contributed by atoms with van der Waals surface area (Å²) in [6.45, 7) is 5.06. The third-order valence-electron chi connectivity index (χ3n) is 5.85. The van der Waals surface area contributed by atoms with Crippen LogP contribution < -0.4 is 28.4 Å². The molecule has 3 amide bonds. The molecule has 37 heavy (non-hydrogen) atoms. The number of benzene rings is 1. The highest BCUT2D eigenvalue weighted by molar-refractivity contribution is 6.17. The fourth-order valence-corrected chi connectivity index (χ4v) is 3.78. The predicted octanol–water partition coefficient (Wildman–Crippen LogP) is -1.65. The van der Waals surface area contributed by atoms with Gasteiger partial charge in [0.2, 0.25) is 5.91 Å². The van der Waals surface area contributed by atoms with Crippen LogP contribution in [-0.4, -0.2) is 111 Å². The van der Waals surface area contributed by atoms with Gasteiger partial charge in [-0.15, -0.1) is 0 Å². The van der Waals surface area contributed by atoms with E-state index in [4.69, 9.17) is 5.73 Å². The number of para-hydroxylation sites is 1. The molecule has 2 aromatic rings. The summed E-state index contributed by atoms with van der Waals surface area (Å²) >= 11 is 0. The van der Waals surface area contributed by atoms with Crippen LogP contribution in [0.4, 0.5) is 22.0 Å². The van der Waals surface area contributed by atoms with E-state index in [1.165, 1.54) is 0 Å². The van der Waals surface area contributed by atoms with E-state index in [-0.39, 0.29) is 24.2 Å². The van der Waals surface area contributed by atoms with Gasteiger partial charge in [0, 0.05) is 32.4 Å². The number of rotatable bonds is 5. The summed E-state index contributed by atoms with van der Waals surface area (Å²) < 4.78 is 5.31.